The van der Waals surface area contributed by atoms with E-state index in [0.717, 1.165) is 37.2 Å². The van der Waals surface area contributed by atoms with Crippen molar-refractivity contribution >= 4 is 23.1 Å². The predicted molar refractivity (Wildman–Crippen MR) is 133 cm³/mol. The molecule has 1 heterocycles. The largest absolute Gasteiger partial charge is 0.493 e. The molecular weight excluding hydrogens is 440 g/mol. The molecule has 2 aromatic carbocycles. The first-order valence-electron chi connectivity index (χ1n) is 11.7. The third-order valence-corrected chi connectivity index (χ3v) is 6.37. The number of methoxy groups -OCH3 is 2. The van der Waals surface area contributed by atoms with E-state index in [2.05, 4.69) is 4.90 Å². The lowest BCUT2D eigenvalue weighted by molar-refractivity contribution is -0.118. The molecule has 2 aromatic rings. The van der Waals surface area contributed by atoms with E-state index in [0.29, 0.717) is 53.8 Å². The minimum atomic E-state index is 0.192. The highest BCUT2D eigenvalue weighted by atomic mass is 35.5. The molecule has 1 fully saturated rings. The second kappa shape index (κ2) is 12.7. The Kier molecular flexibility index (Phi) is 9.70. The number of benzene rings is 2. The van der Waals surface area contributed by atoms with Gasteiger partial charge in [-0.15, -0.1) is 0 Å². The Morgan fingerprint density at radius 1 is 1.03 bits per heavy atom. The van der Waals surface area contributed by atoms with Gasteiger partial charge in [0.05, 0.1) is 31.5 Å². The minimum Gasteiger partial charge on any atom is -0.493 e. The van der Waals surface area contributed by atoms with Gasteiger partial charge < -0.3 is 24.8 Å². The van der Waals surface area contributed by atoms with Crippen molar-refractivity contribution in [3.8, 4) is 17.2 Å². The SMILES string of the molecule is COc1ccc(CCOc2cc(N)c(Cl)cc2CC(=O)CCCN2CCCCC2)cc1OC. The number of ether oxygens (including phenoxy) is 3. The number of nitrogens with two attached hydrogens (primary N) is 1. The second-order valence-electron chi connectivity index (χ2n) is 8.49. The molecule has 0 bridgehead atoms. The molecule has 0 saturated carbocycles. The van der Waals surface area contributed by atoms with Gasteiger partial charge in [-0.1, -0.05) is 24.1 Å². The van der Waals surface area contributed by atoms with Gasteiger partial charge in [0.15, 0.2) is 11.5 Å². The number of nitrogens with zero attached hydrogens (tertiary/aromatic N) is 1. The molecule has 0 aromatic heterocycles. The van der Waals surface area contributed by atoms with Crippen LogP contribution in [0.1, 0.15) is 43.2 Å². The van der Waals surface area contributed by atoms with Crippen molar-refractivity contribution in [1.29, 1.82) is 0 Å². The molecule has 1 aliphatic rings. The molecule has 7 heteroatoms. The van der Waals surface area contributed by atoms with Gasteiger partial charge in [0.2, 0.25) is 0 Å². The maximum absolute atomic E-state index is 12.7. The summed E-state index contributed by atoms with van der Waals surface area (Å²) in [5, 5.41) is 0.443. The lowest BCUT2D eigenvalue weighted by atomic mass is 10.0. The zero-order valence-corrected chi connectivity index (χ0v) is 20.5. The maximum Gasteiger partial charge on any atom is 0.160 e. The first-order chi connectivity index (χ1) is 16.0. The monoisotopic (exact) mass is 474 g/mol. The quantitative estimate of drug-likeness (QED) is 0.439. The molecule has 33 heavy (non-hydrogen) atoms. The molecule has 0 atom stereocenters. The summed E-state index contributed by atoms with van der Waals surface area (Å²) < 4.78 is 16.7. The maximum atomic E-state index is 12.7. The molecule has 0 spiro atoms. The third-order valence-electron chi connectivity index (χ3n) is 6.04. The molecule has 2 N–H and O–H groups in total. The highest BCUT2D eigenvalue weighted by molar-refractivity contribution is 6.33. The summed E-state index contributed by atoms with van der Waals surface area (Å²) in [5.41, 5.74) is 8.29. The Bertz CT molecular complexity index is 929. The number of rotatable bonds is 12. The van der Waals surface area contributed by atoms with Gasteiger partial charge in [-0.25, -0.2) is 0 Å². The van der Waals surface area contributed by atoms with Crippen LogP contribution in [0.3, 0.4) is 0 Å². The van der Waals surface area contributed by atoms with Crippen molar-refractivity contribution in [2.45, 2.75) is 44.9 Å². The normalized spacial score (nSPS) is 14.2. The average Bonchev–Trinajstić information content (AvgIpc) is 2.82. The summed E-state index contributed by atoms with van der Waals surface area (Å²) in [6.07, 6.45) is 6.27. The van der Waals surface area contributed by atoms with Gasteiger partial charge in [0.1, 0.15) is 11.5 Å². The van der Waals surface area contributed by atoms with Crippen LogP contribution in [-0.2, 0) is 17.6 Å². The van der Waals surface area contributed by atoms with E-state index in [4.69, 9.17) is 31.5 Å². The fourth-order valence-electron chi connectivity index (χ4n) is 4.18. The number of Topliss-reactive ketones (excluding diaryl/α,β-unsaturated/α-hetero) is 1. The van der Waals surface area contributed by atoms with E-state index in [1.807, 2.05) is 18.2 Å². The van der Waals surface area contributed by atoms with Gasteiger partial charge >= 0.3 is 0 Å². The van der Waals surface area contributed by atoms with E-state index in [9.17, 15) is 4.79 Å². The van der Waals surface area contributed by atoms with Crippen molar-refractivity contribution in [1.82, 2.24) is 4.90 Å². The van der Waals surface area contributed by atoms with Crippen molar-refractivity contribution in [2.75, 3.05) is 46.2 Å². The Morgan fingerprint density at radius 3 is 2.52 bits per heavy atom. The van der Waals surface area contributed by atoms with Gasteiger partial charge in [0.25, 0.3) is 0 Å². The van der Waals surface area contributed by atoms with Crippen LogP contribution in [0.15, 0.2) is 30.3 Å². The number of carbonyl (C=O) groups is 1. The number of hydrogen-bond acceptors (Lipinski definition) is 6. The molecule has 1 aliphatic heterocycles. The van der Waals surface area contributed by atoms with Crippen LogP contribution in [-0.4, -0.2) is 51.1 Å². The number of carbonyl (C=O) groups excluding carboxylic acids is 1. The van der Waals surface area contributed by atoms with Crippen molar-refractivity contribution < 1.29 is 19.0 Å². The van der Waals surface area contributed by atoms with E-state index in [-0.39, 0.29) is 5.78 Å². The molecule has 0 unspecified atom stereocenters. The Morgan fingerprint density at radius 2 is 1.79 bits per heavy atom. The van der Waals surface area contributed by atoms with E-state index < -0.39 is 0 Å². The lowest BCUT2D eigenvalue weighted by Crippen LogP contribution is -2.30. The standard InChI is InChI=1S/C26H35ClN2O4/c1-31-24-9-8-19(15-26(24)32-2)10-14-33-25-18-23(28)22(27)17-20(25)16-21(30)7-6-13-29-11-4-3-5-12-29/h8-9,15,17-18H,3-7,10-14,16,28H2,1-2H3. The summed E-state index contributed by atoms with van der Waals surface area (Å²) >= 11 is 6.24. The van der Waals surface area contributed by atoms with Gasteiger partial charge in [0, 0.05) is 30.9 Å². The fraction of sp³-hybridized carbons (Fsp3) is 0.500. The fourth-order valence-corrected chi connectivity index (χ4v) is 4.37. The van der Waals surface area contributed by atoms with Crippen LogP contribution in [0.2, 0.25) is 5.02 Å². The van der Waals surface area contributed by atoms with E-state index >= 15 is 0 Å². The zero-order valence-electron chi connectivity index (χ0n) is 19.7. The summed E-state index contributed by atoms with van der Waals surface area (Å²) in [7, 11) is 3.23. The Balaban J connectivity index is 1.55. The third kappa shape index (κ3) is 7.54. The first kappa shape index (κ1) is 25.2. The molecule has 0 radical (unpaired) electrons. The van der Waals surface area contributed by atoms with Crippen LogP contribution in [0, 0.1) is 0 Å². The Hall–Kier alpha value is -2.44. The number of hydrogen-bond donors (Lipinski definition) is 1. The smallest absolute Gasteiger partial charge is 0.160 e. The number of ketones is 1. The number of likely N-dealkylation sites (tertiary alicyclic amines) is 1. The van der Waals surface area contributed by atoms with Crippen LogP contribution in [0.4, 0.5) is 5.69 Å². The van der Waals surface area contributed by atoms with Crippen molar-refractivity contribution in [3.63, 3.8) is 0 Å². The first-order valence-corrected chi connectivity index (χ1v) is 12.0. The van der Waals surface area contributed by atoms with Crippen LogP contribution in [0.5, 0.6) is 17.2 Å². The molecule has 3 rings (SSSR count). The van der Waals surface area contributed by atoms with E-state index in [1.165, 1.54) is 19.3 Å². The second-order valence-corrected chi connectivity index (χ2v) is 8.90. The predicted octanol–water partition coefficient (Wildman–Crippen LogP) is 4.94. The van der Waals surface area contributed by atoms with E-state index in [1.54, 1.807) is 26.4 Å². The summed E-state index contributed by atoms with van der Waals surface area (Å²) in [5.74, 6) is 2.18. The summed E-state index contributed by atoms with van der Waals surface area (Å²) in [6, 6.07) is 9.26. The highest BCUT2D eigenvalue weighted by Gasteiger charge is 2.15. The summed E-state index contributed by atoms with van der Waals surface area (Å²) in [4.78, 5) is 15.1. The molecule has 0 aliphatic carbocycles. The minimum absolute atomic E-state index is 0.192. The molecule has 0 amide bonds. The van der Waals surface area contributed by atoms with Crippen LogP contribution >= 0.6 is 11.6 Å². The van der Waals surface area contributed by atoms with Crippen LogP contribution < -0.4 is 19.9 Å². The Labute approximate surface area is 201 Å². The number of anilines is 1. The molecule has 1 saturated heterocycles. The number of piperidine rings is 1. The molecule has 6 nitrogen and oxygen atoms in total. The topological polar surface area (TPSA) is 74.0 Å². The highest BCUT2D eigenvalue weighted by Crippen LogP contribution is 2.31. The summed E-state index contributed by atoms with van der Waals surface area (Å²) in [6.45, 7) is 3.73. The molecular formula is C26H35ClN2O4. The molecule has 180 valence electrons. The van der Waals surface area contributed by atoms with Gasteiger partial charge in [-0.2, -0.15) is 0 Å². The average molecular weight is 475 g/mol. The zero-order chi connectivity index (χ0) is 23.6. The van der Waals surface area contributed by atoms with Crippen LogP contribution in [0.25, 0.3) is 0 Å². The lowest BCUT2D eigenvalue weighted by Gasteiger charge is -2.26. The van der Waals surface area contributed by atoms with Crippen molar-refractivity contribution in [3.05, 3.63) is 46.5 Å². The number of nitrogen functional groups attached to an aromatic ring is 1. The number of halogens is 1. The van der Waals surface area contributed by atoms with Gasteiger partial charge in [-0.3, -0.25) is 4.79 Å². The van der Waals surface area contributed by atoms with Crippen molar-refractivity contribution in [2.24, 2.45) is 0 Å². The van der Waals surface area contributed by atoms with Gasteiger partial charge in [-0.05, 0) is 62.7 Å².